The number of hydrogen-bond donors (Lipinski definition) is 2. The first-order valence-corrected chi connectivity index (χ1v) is 7.06. The van der Waals surface area contributed by atoms with E-state index < -0.39 is 0 Å². The van der Waals surface area contributed by atoms with Gasteiger partial charge in [0.05, 0.1) is 6.42 Å². The Hall–Kier alpha value is -1.39. The van der Waals surface area contributed by atoms with Gasteiger partial charge in [-0.15, -0.1) is 0 Å². The van der Waals surface area contributed by atoms with E-state index in [-0.39, 0.29) is 5.91 Å². The summed E-state index contributed by atoms with van der Waals surface area (Å²) in [7, 11) is 1.84. The third kappa shape index (κ3) is 2.96. The van der Waals surface area contributed by atoms with Crippen LogP contribution in [0.4, 0.5) is 5.69 Å². The molecule has 1 aliphatic heterocycles. The zero-order valence-electron chi connectivity index (χ0n) is 11.4. The molecule has 0 saturated heterocycles. The minimum Gasteiger partial charge on any atom is -0.315 e. The van der Waals surface area contributed by atoms with Crippen LogP contribution in [0.15, 0.2) is 18.2 Å². The third-order valence-electron chi connectivity index (χ3n) is 3.86. The summed E-state index contributed by atoms with van der Waals surface area (Å²) in [5.74, 6) is 0.189. The van der Waals surface area contributed by atoms with E-state index in [0.29, 0.717) is 6.42 Å². The first kappa shape index (κ1) is 12.6. The first-order valence-electron chi connectivity index (χ1n) is 7.06. The first-order chi connectivity index (χ1) is 9.24. The number of hydrogen-bond acceptors (Lipinski definition) is 3. The van der Waals surface area contributed by atoms with Gasteiger partial charge < -0.3 is 15.5 Å². The van der Waals surface area contributed by atoms with Gasteiger partial charge in [-0.2, -0.15) is 0 Å². The smallest absolute Gasteiger partial charge is 0.231 e. The molecule has 4 heteroatoms. The Bertz CT molecular complexity index is 482. The van der Waals surface area contributed by atoms with Crippen LogP contribution in [0, 0.1) is 0 Å². The van der Waals surface area contributed by atoms with Crippen molar-refractivity contribution in [2.75, 3.05) is 25.0 Å². The Morgan fingerprint density at radius 2 is 2.16 bits per heavy atom. The lowest BCUT2D eigenvalue weighted by Gasteiger charge is -2.11. The van der Waals surface area contributed by atoms with Gasteiger partial charge in [-0.3, -0.25) is 4.79 Å². The molecule has 1 aromatic carbocycles. The van der Waals surface area contributed by atoms with E-state index in [9.17, 15) is 4.79 Å². The molecule has 1 amide bonds. The summed E-state index contributed by atoms with van der Waals surface area (Å²) in [6.07, 6.45) is 3.22. The molecule has 0 bridgehead atoms. The van der Waals surface area contributed by atoms with Crippen molar-refractivity contribution >= 4 is 11.6 Å². The zero-order chi connectivity index (χ0) is 13.2. The molecule has 1 aromatic rings. The maximum Gasteiger partial charge on any atom is 0.231 e. The predicted molar refractivity (Wildman–Crippen MR) is 76.3 cm³/mol. The van der Waals surface area contributed by atoms with Gasteiger partial charge in [0.1, 0.15) is 0 Å². The molecule has 102 valence electrons. The molecule has 1 heterocycles. The highest BCUT2D eigenvalue weighted by atomic mass is 16.2. The Morgan fingerprint density at radius 3 is 2.95 bits per heavy atom. The number of nitrogens with zero attached hydrogens (tertiary/aromatic N) is 1. The quantitative estimate of drug-likeness (QED) is 0.751. The predicted octanol–water partition coefficient (Wildman–Crippen LogP) is 1.05. The van der Waals surface area contributed by atoms with Crippen molar-refractivity contribution in [3.63, 3.8) is 0 Å². The van der Waals surface area contributed by atoms with Crippen molar-refractivity contribution in [2.45, 2.75) is 31.8 Å². The van der Waals surface area contributed by atoms with Crippen molar-refractivity contribution < 1.29 is 4.79 Å². The van der Waals surface area contributed by atoms with Crippen molar-refractivity contribution in [3.8, 4) is 0 Å². The fourth-order valence-electron chi connectivity index (χ4n) is 2.52. The lowest BCUT2D eigenvalue weighted by Crippen LogP contribution is -2.28. The highest BCUT2D eigenvalue weighted by molar-refractivity contribution is 6.00. The molecule has 1 saturated carbocycles. The average Bonchev–Trinajstić information content (AvgIpc) is 3.17. The lowest BCUT2D eigenvalue weighted by atomic mass is 10.1. The Morgan fingerprint density at radius 1 is 1.32 bits per heavy atom. The van der Waals surface area contributed by atoms with Crippen molar-refractivity contribution in [1.29, 1.82) is 0 Å². The molecule has 0 radical (unpaired) electrons. The number of likely N-dealkylation sites (N-methyl/N-ethyl adjacent to an activating group) is 1. The maximum absolute atomic E-state index is 11.6. The van der Waals surface area contributed by atoms with E-state index in [4.69, 9.17) is 0 Å². The van der Waals surface area contributed by atoms with Crippen LogP contribution in [0.2, 0.25) is 0 Å². The monoisotopic (exact) mass is 259 g/mol. The topological polar surface area (TPSA) is 44.4 Å². The number of rotatable bonds is 6. The number of anilines is 1. The molecular formula is C15H21N3O. The standard InChI is InChI=1S/C15H21N3O/c1-18-14-5-2-11(8-12(14)9-15(18)19)10-16-6-7-17-13-3-4-13/h2,5,8,13,16-17H,3-4,6-7,9-10H2,1H3. The van der Waals surface area contributed by atoms with E-state index >= 15 is 0 Å². The van der Waals surface area contributed by atoms with Crippen LogP contribution in [0.5, 0.6) is 0 Å². The number of carbonyl (C=O) groups excluding carboxylic acids is 1. The van der Waals surface area contributed by atoms with E-state index in [2.05, 4.69) is 28.8 Å². The summed E-state index contributed by atoms with van der Waals surface area (Å²) in [5.41, 5.74) is 3.47. The Labute approximate surface area is 114 Å². The second kappa shape index (κ2) is 5.31. The zero-order valence-corrected chi connectivity index (χ0v) is 11.4. The molecule has 0 atom stereocenters. The van der Waals surface area contributed by atoms with E-state index in [1.54, 1.807) is 4.90 Å². The van der Waals surface area contributed by atoms with Crippen molar-refractivity contribution in [2.24, 2.45) is 0 Å². The molecule has 3 rings (SSSR count). The summed E-state index contributed by atoms with van der Waals surface area (Å²) in [6.45, 7) is 2.90. The molecule has 2 aliphatic rings. The highest BCUT2D eigenvalue weighted by Crippen LogP contribution is 2.28. The van der Waals surface area contributed by atoms with Crippen LogP contribution in [-0.4, -0.2) is 32.1 Å². The van der Waals surface area contributed by atoms with Crippen LogP contribution >= 0.6 is 0 Å². The largest absolute Gasteiger partial charge is 0.315 e. The number of benzene rings is 1. The minimum atomic E-state index is 0.189. The second-order valence-corrected chi connectivity index (χ2v) is 5.50. The van der Waals surface area contributed by atoms with Gasteiger partial charge in [0.15, 0.2) is 0 Å². The SMILES string of the molecule is CN1C(=O)Cc2cc(CNCCNC3CC3)ccc21. The van der Waals surface area contributed by atoms with E-state index in [1.165, 1.54) is 18.4 Å². The van der Waals surface area contributed by atoms with Gasteiger partial charge in [0, 0.05) is 38.4 Å². The summed E-state index contributed by atoms with van der Waals surface area (Å²) in [5, 5.41) is 6.92. The summed E-state index contributed by atoms with van der Waals surface area (Å²) < 4.78 is 0. The molecule has 19 heavy (non-hydrogen) atoms. The molecule has 0 aromatic heterocycles. The van der Waals surface area contributed by atoms with Crippen LogP contribution in [0.3, 0.4) is 0 Å². The number of amides is 1. The lowest BCUT2D eigenvalue weighted by molar-refractivity contribution is -0.117. The van der Waals surface area contributed by atoms with E-state index in [0.717, 1.165) is 36.9 Å². The van der Waals surface area contributed by atoms with Crippen molar-refractivity contribution in [3.05, 3.63) is 29.3 Å². The van der Waals surface area contributed by atoms with E-state index in [1.807, 2.05) is 7.05 Å². The van der Waals surface area contributed by atoms with Crippen LogP contribution in [-0.2, 0) is 17.8 Å². The molecule has 4 nitrogen and oxygen atoms in total. The van der Waals surface area contributed by atoms with Gasteiger partial charge in [0.25, 0.3) is 0 Å². The average molecular weight is 259 g/mol. The summed E-state index contributed by atoms with van der Waals surface area (Å²) >= 11 is 0. The van der Waals surface area contributed by atoms with Gasteiger partial charge in [-0.25, -0.2) is 0 Å². The van der Waals surface area contributed by atoms with Gasteiger partial charge >= 0.3 is 0 Å². The van der Waals surface area contributed by atoms with Gasteiger partial charge in [-0.1, -0.05) is 12.1 Å². The fraction of sp³-hybridized carbons (Fsp3) is 0.533. The second-order valence-electron chi connectivity index (χ2n) is 5.50. The highest BCUT2D eigenvalue weighted by Gasteiger charge is 2.23. The number of carbonyl (C=O) groups is 1. The molecule has 0 spiro atoms. The molecule has 1 aliphatic carbocycles. The van der Waals surface area contributed by atoms with Crippen LogP contribution in [0.1, 0.15) is 24.0 Å². The summed E-state index contributed by atoms with van der Waals surface area (Å²) in [4.78, 5) is 13.4. The molecule has 0 unspecified atom stereocenters. The van der Waals surface area contributed by atoms with Gasteiger partial charge in [0.2, 0.25) is 5.91 Å². The number of nitrogens with one attached hydrogen (secondary N) is 2. The normalized spacial score (nSPS) is 17.9. The number of fused-ring (bicyclic) bond motifs is 1. The van der Waals surface area contributed by atoms with Crippen LogP contribution < -0.4 is 15.5 Å². The molecular weight excluding hydrogens is 238 g/mol. The minimum absolute atomic E-state index is 0.189. The fourth-order valence-corrected chi connectivity index (χ4v) is 2.52. The maximum atomic E-state index is 11.6. The van der Waals surface area contributed by atoms with Gasteiger partial charge in [-0.05, 0) is 30.0 Å². The Kier molecular flexibility index (Phi) is 3.53. The molecule has 2 N–H and O–H groups in total. The third-order valence-corrected chi connectivity index (χ3v) is 3.86. The van der Waals surface area contributed by atoms with Crippen molar-refractivity contribution in [1.82, 2.24) is 10.6 Å². The molecule has 1 fully saturated rings. The Balaban J connectivity index is 1.49. The van der Waals surface area contributed by atoms with Crippen LogP contribution in [0.25, 0.3) is 0 Å². The summed E-state index contributed by atoms with van der Waals surface area (Å²) in [6, 6.07) is 7.09.